The summed E-state index contributed by atoms with van der Waals surface area (Å²) < 4.78 is 10.4. The average Bonchev–Trinajstić information content (AvgIpc) is 2.99. The van der Waals surface area contributed by atoms with Gasteiger partial charge in [0, 0.05) is 35.9 Å². The summed E-state index contributed by atoms with van der Waals surface area (Å²) in [5.41, 5.74) is -1.89. The molecule has 0 aromatic carbocycles. The van der Waals surface area contributed by atoms with E-state index < -0.39 is 46.8 Å². The second kappa shape index (κ2) is 25.9. The van der Waals surface area contributed by atoms with Crippen LogP contribution in [0.2, 0.25) is 0 Å². The van der Waals surface area contributed by atoms with Crippen LogP contribution in [-0.2, 0) is 38.2 Å². The first-order valence-electron chi connectivity index (χ1n) is 15.9. The fraction of sp³-hybridized carbons (Fsp3) is 0.812. The molecule has 2 atom stereocenters. The molecule has 2 amide bonds. The summed E-state index contributed by atoms with van der Waals surface area (Å²) in [6, 6.07) is 0. The molecule has 0 saturated carbocycles. The van der Waals surface area contributed by atoms with Gasteiger partial charge in [0.25, 0.3) is 0 Å². The van der Waals surface area contributed by atoms with Gasteiger partial charge in [0.2, 0.25) is 11.8 Å². The van der Waals surface area contributed by atoms with Crippen LogP contribution in [0.25, 0.3) is 0 Å². The van der Waals surface area contributed by atoms with Crippen molar-refractivity contribution in [2.45, 2.75) is 119 Å². The topological polar surface area (TPSA) is 232 Å². The number of aliphatic hydroxyl groups is 2. The molecule has 4 N–H and O–H groups in total. The average molecular weight is 701 g/mol. The zero-order chi connectivity index (χ0) is 36.1. The molecule has 14 nitrogen and oxygen atoms in total. The van der Waals surface area contributed by atoms with E-state index >= 15 is 0 Å². The van der Waals surface area contributed by atoms with Crippen molar-refractivity contribution < 1.29 is 58.7 Å². The van der Waals surface area contributed by atoms with Crippen molar-refractivity contribution in [1.82, 2.24) is 10.6 Å². The molecule has 0 aliphatic carbocycles. The van der Waals surface area contributed by atoms with Crippen LogP contribution in [0.4, 0.5) is 0 Å². The van der Waals surface area contributed by atoms with Gasteiger partial charge < -0.3 is 50.1 Å². The maximum Gasteiger partial charge on any atom is 2.00 e. The predicted octanol–water partition coefficient (Wildman–Crippen LogP) is -0.382. The summed E-state index contributed by atoms with van der Waals surface area (Å²) in [5, 5.41) is 45.6. The van der Waals surface area contributed by atoms with E-state index in [1.807, 2.05) is 27.7 Å². The fourth-order valence-electron chi connectivity index (χ4n) is 3.94. The van der Waals surface area contributed by atoms with Crippen LogP contribution in [0.5, 0.6) is 0 Å². The molecule has 0 aromatic heterocycles. The second-order valence-corrected chi connectivity index (χ2v) is 12.6. The third-order valence-electron chi connectivity index (χ3n) is 7.50. The number of esters is 2. The monoisotopic (exact) mass is 700 g/mol. The Labute approximate surface area is 309 Å². The van der Waals surface area contributed by atoms with Crippen molar-refractivity contribution in [3.63, 3.8) is 0 Å². The van der Waals surface area contributed by atoms with Crippen LogP contribution in [-0.4, -0.2) is 122 Å². The van der Waals surface area contributed by atoms with Crippen LogP contribution in [0.1, 0.15) is 107 Å². The van der Waals surface area contributed by atoms with Gasteiger partial charge in [-0.15, -0.1) is 0 Å². The van der Waals surface area contributed by atoms with Crippen LogP contribution in [0.15, 0.2) is 0 Å². The molecule has 2 unspecified atom stereocenters. The molecular formula is C32H56CaN2O12. The van der Waals surface area contributed by atoms with Crippen molar-refractivity contribution in [2.24, 2.45) is 22.7 Å². The smallest absolute Gasteiger partial charge is 0.550 e. The molecule has 268 valence electrons. The van der Waals surface area contributed by atoms with E-state index in [1.165, 1.54) is 0 Å². The van der Waals surface area contributed by atoms with Gasteiger partial charge >= 0.3 is 49.7 Å². The number of carbonyl (C=O) groups is 6. The first kappa shape index (κ1) is 49.4. The van der Waals surface area contributed by atoms with Crippen molar-refractivity contribution in [1.29, 1.82) is 0 Å². The van der Waals surface area contributed by atoms with Gasteiger partial charge in [-0.05, 0) is 51.4 Å². The first-order valence-corrected chi connectivity index (χ1v) is 15.9. The maximum atomic E-state index is 11.9. The summed E-state index contributed by atoms with van der Waals surface area (Å²) in [6.45, 7) is 14.2. The molecule has 0 spiro atoms. The van der Waals surface area contributed by atoms with E-state index in [1.54, 1.807) is 27.7 Å². The van der Waals surface area contributed by atoms with Gasteiger partial charge in [0.1, 0.15) is 12.2 Å². The minimum Gasteiger partial charge on any atom is -0.550 e. The molecule has 0 aromatic rings. The Morgan fingerprint density at radius 1 is 0.617 bits per heavy atom. The number of carbonyl (C=O) groups excluding carboxylic acids is 6. The van der Waals surface area contributed by atoms with Crippen molar-refractivity contribution >= 4 is 73.4 Å². The quantitative estimate of drug-likeness (QED) is 0.0643. The number of aliphatic carboxylic acids is 2. The van der Waals surface area contributed by atoms with Gasteiger partial charge in [-0.2, -0.15) is 0 Å². The molecule has 0 rings (SSSR count). The number of ether oxygens (including phenoxy) is 2. The first-order chi connectivity index (χ1) is 21.3. The number of hydrogen-bond acceptors (Lipinski definition) is 12. The van der Waals surface area contributed by atoms with Gasteiger partial charge in [-0.3, -0.25) is 19.2 Å². The van der Waals surface area contributed by atoms with E-state index in [0.717, 1.165) is 0 Å². The number of nitrogens with one attached hydrogen (secondary N) is 2. The molecule has 0 aliphatic rings. The van der Waals surface area contributed by atoms with Crippen molar-refractivity contribution in [2.75, 3.05) is 26.3 Å². The molecule has 0 aliphatic heterocycles. The minimum absolute atomic E-state index is 0. The van der Waals surface area contributed by atoms with Gasteiger partial charge in [0.05, 0.1) is 25.0 Å². The number of carboxylic acids is 2. The van der Waals surface area contributed by atoms with Gasteiger partial charge in [0.15, 0.2) is 0 Å². The maximum absolute atomic E-state index is 11.9. The predicted molar refractivity (Wildman–Crippen MR) is 170 cm³/mol. The SMILES string of the molecule is CCC(CC)C(=O)OCC(C)(C)C(O)C(=O)NCCCC(=O)[O-].CCC(CC)C(=O)OCC(C)(C)C(O)C(=O)NCCCC(=O)[O-].[Ca+2]. The summed E-state index contributed by atoms with van der Waals surface area (Å²) >= 11 is 0. The second-order valence-electron chi connectivity index (χ2n) is 12.6. The van der Waals surface area contributed by atoms with Crippen LogP contribution >= 0.6 is 0 Å². The largest absolute Gasteiger partial charge is 2.00 e. The fourth-order valence-corrected chi connectivity index (χ4v) is 3.94. The Kier molecular flexibility index (Phi) is 27.3. The van der Waals surface area contributed by atoms with Crippen LogP contribution < -0.4 is 20.8 Å². The number of rotatable bonds is 22. The Morgan fingerprint density at radius 2 is 0.894 bits per heavy atom. The van der Waals surface area contributed by atoms with Crippen LogP contribution in [0.3, 0.4) is 0 Å². The number of hydrogen-bond donors (Lipinski definition) is 4. The standard InChI is InChI=1S/2C16H29NO6.Ca/c2*1-5-11(6-2)15(22)23-10-16(3,4)13(20)14(21)17-9-7-8-12(18)19;/h2*11,13,20H,5-10H2,1-4H3,(H,17,21)(H,18,19);/q;;+2/p-2. The normalized spacial score (nSPS) is 12.5. The Morgan fingerprint density at radius 3 is 1.13 bits per heavy atom. The molecular weight excluding hydrogens is 644 g/mol. The number of amides is 2. The van der Waals surface area contributed by atoms with E-state index in [9.17, 15) is 49.2 Å². The van der Waals surface area contributed by atoms with Crippen molar-refractivity contribution in [3.05, 3.63) is 0 Å². The molecule has 0 radical (unpaired) electrons. The molecule has 47 heavy (non-hydrogen) atoms. The molecule has 15 heteroatoms. The zero-order valence-electron chi connectivity index (χ0n) is 29.5. The summed E-state index contributed by atoms with van der Waals surface area (Å²) in [7, 11) is 0. The minimum atomic E-state index is -1.36. The molecule has 0 bridgehead atoms. The van der Waals surface area contributed by atoms with Crippen LogP contribution in [0, 0.1) is 22.7 Å². The van der Waals surface area contributed by atoms with Crippen molar-refractivity contribution in [3.8, 4) is 0 Å². The summed E-state index contributed by atoms with van der Waals surface area (Å²) in [5.74, 6) is -4.63. The third-order valence-corrected chi connectivity index (χ3v) is 7.50. The van der Waals surface area contributed by atoms with E-state index in [4.69, 9.17) is 9.47 Å². The summed E-state index contributed by atoms with van der Waals surface area (Å²) in [4.78, 5) is 68.0. The van der Waals surface area contributed by atoms with E-state index in [0.29, 0.717) is 25.7 Å². The third kappa shape index (κ3) is 21.6. The Balaban J connectivity index is -0.000000807. The molecule has 0 saturated heterocycles. The number of aliphatic hydroxyl groups excluding tert-OH is 2. The van der Waals surface area contributed by atoms with E-state index in [2.05, 4.69) is 10.6 Å². The Bertz CT molecular complexity index is 890. The number of carboxylic acid groups (broad SMARTS) is 2. The summed E-state index contributed by atoms with van der Waals surface area (Å²) in [6.07, 6.45) is 0.123. The van der Waals surface area contributed by atoms with Gasteiger partial charge in [-0.1, -0.05) is 55.4 Å². The molecule has 0 heterocycles. The molecule has 0 fully saturated rings. The zero-order valence-corrected chi connectivity index (χ0v) is 31.7. The van der Waals surface area contributed by atoms with Gasteiger partial charge in [-0.25, -0.2) is 0 Å². The van der Waals surface area contributed by atoms with E-state index in [-0.39, 0.29) is 113 Å². The Hall–Kier alpha value is -2.00.